The number of thiophene rings is 1. The van der Waals surface area contributed by atoms with Gasteiger partial charge in [-0.2, -0.15) is 0 Å². The van der Waals surface area contributed by atoms with Gasteiger partial charge in [-0.15, -0.1) is 11.3 Å². The second-order valence-electron chi connectivity index (χ2n) is 4.79. The van der Waals surface area contributed by atoms with Crippen LogP contribution in [0.25, 0.3) is 0 Å². The van der Waals surface area contributed by atoms with Crippen LogP contribution in [-0.2, 0) is 11.2 Å². The van der Waals surface area contributed by atoms with Crippen molar-refractivity contribution in [2.75, 3.05) is 13.6 Å². The third-order valence-corrected chi connectivity index (χ3v) is 4.01. The van der Waals surface area contributed by atoms with Gasteiger partial charge in [-0.05, 0) is 42.3 Å². The lowest BCUT2D eigenvalue weighted by Gasteiger charge is -2.25. The first-order valence-electron chi connectivity index (χ1n) is 5.47. The molecule has 0 spiro atoms. The van der Waals surface area contributed by atoms with Crippen molar-refractivity contribution in [3.05, 3.63) is 20.8 Å². The van der Waals surface area contributed by atoms with Crippen molar-refractivity contribution in [3.63, 3.8) is 0 Å². The van der Waals surface area contributed by atoms with Crippen molar-refractivity contribution < 1.29 is 9.90 Å². The first kappa shape index (κ1) is 14.7. The van der Waals surface area contributed by atoms with Crippen LogP contribution in [-0.4, -0.2) is 35.1 Å². The molecule has 1 amide bonds. The van der Waals surface area contributed by atoms with Crippen LogP contribution in [0.1, 0.15) is 25.1 Å². The van der Waals surface area contributed by atoms with Crippen molar-refractivity contribution in [1.29, 1.82) is 0 Å². The molecule has 0 aromatic carbocycles. The van der Waals surface area contributed by atoms with E-state index in [1.165, 1.54) is 4.88 Å². The molecule has 1 aromatic rings. The van der Waals surface area contributed by atoms with Crippen LogP contribution in [0, 0.1) is 0 Å². The molecule has 1 N–H and O–H groups in total. The van der Waals surface area contributed by atoms with Crippen molar-refractivity contribution in [2.24, 2.45) is 0 Å². The number of aliphatic hydroxyl groups is 1. The van der Waals surface area contributed by atoms with Gasteiger partial charge in [-0.25, -0.2) is 0 Å². The fourth-order valence-corrected chi connectivity index (χ4v) is 3.03. The molecule has 96 valence electrons. The molecule has 0 bridgehead atoms. The molecule has 17 heavy (non-hydrogen) atoms. The van der Waals surface area contributed by atoms with E-state index in [2.05, 4.69) is 15.9 Å². The molecule has 1 heterocycles. The van der Waals surface area contributed by atoms with E-state index in [9.17, 15) is 9.90 Å². The van der Waals surface area contributed by atoms with Gasteiger partial charge in [-0.3, -0.25) is 4.79 Å². The van der Waals surface area contributed by atoms with Gasteiger partial charge in [-0.1, -0.05) is 0 Å². The SMILES string of the molecule is CN(CC(C)(C)O)C(=O)CCc1cc(Br)cs1. The van der Waals surface area contributed by atoms with E-state index in [-0.39, 0.29) is 5.91 Å². The van der Waals surface area contributed by atoms with Crippen molar-refractivity contribution in [3.8, 4) is 0 Å². The molecular weight excluding hydrogens is 302 g/mol. The van der Waals surface area contributed by atoms with Gasteiger partial charge in [0.25, 0.3) is 0 Å². The molecule has 0 unspecified atom stereocenters. The number of amides is 1. The van der Waals surface area contributed by atoms with Crippen LogP contribution in [0.5, 0.6) is 0 Å². The maximum Gasteiger partial charge on any atom is 0.222 e. The van der Waals surface area contributed by atoms with Crippen molar-refractivity contribution >= 4 is 33.2 Å². The topological polar surface area (TPSA) is 40.5 Å². The summed E-state index contributed by atoms with van der Waals surface area (Å²) < 4.78 is 1.06. The zero-order valence-corrected chi connectivity index (χ0v) is 12.8. The number of carbonyl (C=O) groups excluding carboxylic acids is 1. The summed E-state index contributed by atoms with van der Waals surface area (Å²) in [6.45, 7) is 3.76. The summed E-state index contributed by atoms with van der Waals surface area (Å²) in [6, 6.07) is 2.04. The zero-order chi connectivity index (χ0) is 13.1. The number of hydrogen-bond acceptors (Lipinski definition) is 3. The van der Waals surface area contributed by atoms with Gasteiger partial charge in [0.15, 0.2) is 0 Å². The fraction of sp³-hybridized carbons (Fsp3) is 0.583. The van der Waals surface area contributed by atoms with Crippen LogP contribution in [0.3, 0.4) is 0 Å². The first-order chi connectivity index (χ1) is 7.78. The van der Waals surface area contributed by atoms with Crippen LogP contribution in [0.4, 0.5) is 0 Å². The molecule has 0 saturated carbocycles. The third kappa shape index (κ3) is 5.66. The van der Waals surface area contributed by atoms with E-state index in [0.29, 0.717) is 13.0 Å². The third-order valence-electron chi connectivity index (χ3n) is 2.26. The molecule has 1 rings (SSSR count). The lowest BCUT2D eigenvalue weighted by Crippen LogP contribution is -2.39. The summed E-state index contributed by atoms with van der Waals surface area (Å²) in [5.74, 6) is 0.0663. The zero-order valence-electron chi connectivity index (χ0n) is 10.4. The first-order valence-corrected chi connectivity index (χ1v) is 7.14. The molecule has 0 saturated heterocycles. The molecule has 0 aliphatic heterocycles. The quantitative estimate of drug-likeness (QED) is 0.906. The van der Waals surface area contributed by atoms with Crippen molar-refractivity contribution in [1.82, 2.24) is 4.90 Å². The minimum absolute atomic E-state index is 0.0663. The Hall–Kier alpha value is -0.390. The number of aryl methyl sites for hydroxylation is 1. The molecule has 0 aliphatic rings. The standard InChI is InChI=1S/C12H18BrNO2S/c1-12(2,16)8-14(3)11(15)5-4-10-6-9(13)7-17-10/h6-7,16H,4-5,8H2,1-3H3. The molecule has 0 radical (unpaired) electrons. The van der Waals surface area contributed by atoms with Crippen LogP contribution in [0.15, 0.2) is 15.9 Å². The highest BCUT2D eigenvalue weighted by molar-refractivity contribution is 9.10. The van der Waals surface area contributed by atoms with Crippen LogP contribution >= 0.6 is 27.3 Å². The average Bonchev–Trinajstić information content (AvgIpc) is 2.58. The summed E-state index contributed by atoms with van der Waals surface area (Å²) in [6.07, 6.45) is 1.24. The summed E-state index contributed by atoms with van der Waals surface area (Å²) in [5.41, 5.74) is -0.837. The highest BCUT2D eigenvalue weighted by Gasteiger charge is 2.19. The number of nitrogens with zero attached hydrogens (tertiary/aromatic N) is 1. The van der Waals surface area contributed by atoms with Crippen LogP contribution < -0.4 is 0 Å². The van der Waals surface area contributed by atoms with Gasteiger partial charge < -0.3 is 10.0 Å². The number of rotatable bonds is 5. The van der Waals surface area contributed by atoms with E-state index in [1.807, 2.05) is 11.4 Å². The Labute approximate surface area is 115 Å². The van der Waals surface area contributed by atoms with Gasteiger partial charge in [0.1, 0.15) is 0 Å². The van der Waals surface area contributed by atoms with Crippen LogP contribution in [0.2, 0.25) is 0 Å². The van der Waals surface area contributed by atoms with E-state index in [0.717, 1.165) is 10.9 Å². The van der Waals surface area contributed by atoms with Gasteiger partial charge in [0.05, 0.1) is 5.60 Å². The number of hydrogen-bond donors (Lipinski definition) is 1. The van der Waals surface area contributed by atoms with Gasteiger partial charge in [0, 0.05) is 34.7 Å². The molecule has 5 heteroatoms. The largest absolute Gasteiger partial charge is 0.389 e. The number of halogens is 1. The lowest BCUT2D eigenvalue weighted by atomic mass is 10.1. The van der Waals surface area contributed by atoms with E-state index >= 15 is 0 Å². The predicted octanol–water partition coefficient (Wildman–Crippen LogP) is 2.67. The van der Waals surface area contributed by atoms with E-state index < -0.39 is 5.60 Å². The highest BCUT2D eigenvalue weighted by Crippen LogP contribution is 2.21. The fourth-order valence-electron chi connectivity index (χ4n) is 1.57. The minimum atomic E-state index is -0.837. The molecule has 1 aromatic heterocycles. The molecule has 3 nitrogen and oxygen atoms in total. The lowest BCUT2D eigenvalue weighted by molar-refractivity contribution is -0.132. The number of likely N-dealkylation sites (N-methyl/N-ethyl adjacent to an activating group) is 1. The maximum atomic E-state index is 11.8. The summed E-state index contributed by atoms with van der Waals surface area (Å²) >= 11 is 5.04. The Morgan fingerprint density at radius 2 is 2.24 bits per heavy atom. The summed E-state index contributed by atoms with van der Waals surface area (Å²) in [4.78, 5) is 14.6. The number of carbonyl (C=O) groups is 1. The van der Waals surface area contributed by atoms with Crippen molar-refractivity contribution in [2.45, 2.75) is 32.3 Å². The minimum Gasteiger partial charge on any atom is -0.389 e. The van der Waals surface area contributed by atoms with Gasteiger partial charge in [0.2, 0.25) is 5.91 Å². The highest BCUT2D eigenvalue weighted by atomic mass is 79.9. The van der Waals surface area contributed by atoms with E-state index in [1.54, 1.807) is 37.1 Å². The summed E-state index contributed by atoms with van der Waals surface area (Å²) in [5, 5.41) is 11.6. The Kier molecular flexibility index (Phi) is 5.16. The second-order valence-corrected chi connectivity index (χ2v) is 6.70. The summed E-state index contributed by atoms with van der Waals surface area (Å²) in [7, 11) is 1.73. The molecule has 0 fully saturated rings. The second kappa shape index (κ2) is 5.98. The Bertz CT molecular complexity index is 384. The molecular formula is C12H18BrNO2S. The smallest absolute Gasteiger partial charge is 0.222 e. The van der Waals surface area contributed by atoms with Gasteiger partial charge >= 0.3 is 0 Å². The molecule has 0 atom stereocenters. The maximum absolute atomic E-state index is 11.8. The Morgan fingerprint density at radius 3 is 2.71 bits per heavy atom. The average molecular weight is 320 g/mol. The Balaban J connectivity index is 2.39. The molecule has 0 aliphatic carbocycles. The van der Waals surface area contributed by atoms with E-state index in [4.69, 9.17) is 0 Å². The Morgan fingerprint density at radius 1 is 1.59 bits per heavy atom. The normalized spacial score (nSPS) is 11.6. The predicted molar refractivity (Wildman–Crippen MR) is 74.3 cm³/mol. The monoisotopic (exact) mass is 319 g/mol.